The van der Waals surface area contributed by atoms with Crippen LogP contribution in [0, 0.1) is 18.3 Å². The van der Waals surface area contributed by atoms with Gasteiger partial charge in [0.2, 0.25) is 0 Å². The number of nitriles is 1. The zero-order chi connectivity index (χ0) is 29.3. The van der Waals surface area contributed by atoms with Gasteiger partial charge in [-0.1, -0.05) is 30.3 Å². The number of hydrogen-bond donors (Lipinski definition) is 0. The first-order valence-corrected chi connectivity index (χ1v) is 15.6. The number of piperazine rings is 1. The van der Waals surface area contributed by atoms with E-state index in [9.17, 15) is 5.26 Å². The summed E-state index contributed by atoms with van der Waals surface area (Å²) in [6.45, 7) is 8.92. The van der Waals surface area contributed by atoms with E-state index in [-0.39, 0.29) is 6.04 Å². The van der Waals surface area contributed by atoms with Gasteiger partial charge in [-0.25, -0.2) is 4.99 Å². The molecule has 5 heterocycles. The lowest BCUT2D eigenvalue weighted by Gasteiger charge is -2.42. The highest BCUT2D eigenvalue weighted by Crippen LogP contribution is 2.36. The summed E-state index contributed by atoms with van der Waals surface area (Å²) in [5.74, 6) is 0.949. The molecule has 2 atom stereocenters. The maximum atomic E-state index is 9.67. The number of aromatic nitrogens is 2. The predicted molar refractivity (Wildman–Crippen MR) is 168 cm³/mol. The molecule has 224 valence electrons. The second-order valence-corrected chi connectivity index (χ2v) is 12.1. The molecule has 0 amide bonds. The normalized spacial score (nSPS) is 22.3. The number of aryl methyl sites for hydroxylation is 1. The van der Waals surface area contributed by atoms with Gasteiger partial charge >= 0.3 is 6.01 Å². The van der Waals surface area contributed by atoms with Gasteiger partial charge < -0.3 is 29.1 Å². The number of rotatable bonds is 6. The number of hydrogen-bond acceptors (Lipinski definition) is 10. The zero-order valence-electron chi connectivity index (χ0n) is 25.2. The molecule has 7 rings (SSSR count). The number of nitrogens with zero attached hydrogens (tertiary/aromatic N) is 8. The largest absolute Gasteiger partial charge is 0.463 e. The van der Waals surface area contributed by atoms with E-state index < -0.39 is 0 Å². The molecule has 0 unspecified atom stereocenters. The molecule has 0 spiro atoms. The van der Waals surface area contributed by atoms with Crippen molar-refractivity contribution in [2.45, 2.75) is 51.2 Å². The van der Waals surface area contributed by atoms with Crippen molar-refractivity contribution in [1.29, 1.82) is 5.26 Å². The highest BCUT2D eigenvalue weighted by atomic mass is 16.5. The summed E-state index contributed by atoms with van der Waals surface area (Å²) in [7, 11) is 2.16. The Morgan fingerprint density at radius 1 is 1.05 bits per heavy atom. The number of likely N-dealkylation sites (tertiary alicyclic amines) is 1. The SMILES string of the molecule is Cc1cccc2cccc(N3CCc4c(nc(OC[C@@H]5CCCN5C)nc4N4CCN(C5=NCCO5)[C@@H](CC#N)C4)C3)c12. The van der Waals surface area contributed by atoms with Crippen LogP contribution in [0.15, 0.2) is 41.4 Å². The standard InChI is InChI=1S/C33H40N8O2/c1-23-6-3-7-24-8-4-10-29(30(23)24)39-16-12-27-28(21-39)36-32(43-22-26-9-5-15-38(26)2)37-31(27)40-17-18-41(25(20-40)11-13-34)33-35-14-19-42-33/h3-4,6-8,10,25-26H,5,9,11-12,14-22H2,1-2H3/t25-,26-/m0/s1. The highest BCUT2D eigenvalue weighted by molar-refractivity contribution is 5.97. The van der Waals surface area contributed by atoms with Crippen LogP contribution in [0.4, 0.5) is 11.5 Å². The van der Waals surface area contributed by atoms with Crippen LogP contribution in [0.1, 0.15) is 36.1 Å². The summed E-state index contributed by atoms with van der Waals surface area (Å²) in [6, 6.07) is 17.0. The van der Waals surface area contributed by atoms with Crippen LogP contribution >= 0.6 is 0 Å². The lowest BCUT2D eigenvalue weighted by atomic mass is 9.99. The summed E-state index contributed by atoms with van der Waals surface area (Å²) in [5.41, 5.74) is 4.75. The lowest BCUT2D eigenvalue weighted by Crippen LogP contribution is -2.56. The highest BCUT2D eigenvalue weighted by Gasteiger charge is 2.35. The van der Waals surface area contributed by atoms with E-state index in [1.165, 1.54) is 34.0 Å². The third kappa shape index (κ3) is 5.42. The Balaban J connectivity index is 1.21. The predicted octanol–water partition coefficient (Wildman–Crippen LogP) is 3.76. The number of amidine groups is 1. The minimum Gasteiger partial charge on any atom is -0.463 e. The Morgan fingerprint density at radius 2 is 1.93 bits per heavy atom. The summed E-state index contributed by atoms with van der Waals surface area (Å²) in [5, 5.41) is 12.2. The molecule has 2 saturated heterocycles. The molecule has 1 aromatic heterocycles. The summed E-state index contributed by atoms with van der Waals surface area (Å²) >= 11 is 0. The molecule has 3 aromatic rings. The molecule has 4 aliphatic rings. The van der Waals surface area contributed by atoms with Crippen LogP contribution < -0.4 is 14.5 Å². The van der Waals surface area contributed by atoms with E-state index in [2.05, 4.69) is 81.0 Å². The van der Waals surface area contributed by atoms with Crippen molar-refractivity contribution in [3.05, 3.63) is 53.2 Å². The third-order valence-corrected chi connectivity index (χ3v) is 9.46. The van der Waals surface area contributed by atoms with Gasteiger partial charge in [-0.2, -0.15) is 15.2 Å². The van der Waals surface area contributed by atoms with Crippen LogP contribution in [-0.2, 0) is 17.7 Å². The van der Waals surface area contributed by atoms with E-state index in [0.29, 0.717) is 57.3 Å². The minimum absolute atomic E-state index is 0.0172. The van der Waals surface area contributed by atoms with Gasteiger partial charge in [0.25, 0.3) is 6.02 Å². The van der Waals surface area contributed by atoms with Crippen LogP contribution in [-0.4, -0.2) is 97.4 Å². The number of ether oxygens (including phenoxy) is 2. The average molecular weight is 581 g/mol. The molecule has 10 nitrogen and oxygen atoms in total. The molecular formula is C33H40N8O2. The molecule has 4 aliphatic heterocycles. The van der Waals surface area contributed by atoms with Gasteiger partial charge in [0.15, 0.2) is 0 Å². The first-order chi connectivity index (χ1) is 21.1. The van der Waals surface area contributed by atoms with Gasteiger partial charge in [0.05, 0.1) is 37.3 Å². The van der Waals surface area contributed by atoms with Gasteiger partial charge in [0, 0.05) is 48.9 Å². The number of benzene rings is 2. The smallest absolute Gasteiger partial charge is 0.318 e. The Kier molecular flexibility index (Phi) is 7.66. The van der Waals surface area contributed by atoms with Crippen molar-refractivity contribution in [2.24, 2.45) is 4.99 Å². The van der Waals surface area contributed by atoms with E-state index in [1.807, 2.05) is 0 Å². The summed E-state index contributed by atoms with van der Waals surface area (Å²) in [6.07, 6.45) is 3.57. The van der Waals surface area contributed by atoms with Gasteiger partial charge in [-0.05, 0) is 56.8 Å². The number of likely N-dealkylation sites (N-methyl/N-ethyl adjacent to an activating group) is 1. The maximum Gasteiger partial charge on any atom is 0.318 e. The first-order valence-electron chi connectivity index (χ1n) is 15.6. The molecule has 2 fully saturated rings. The minimum atomic E-state index is -0.0172. The van der Waals surface area contributed by atoms with Crippen molar-refractivity contribution >= 4 is 28.3 Å². The van der Waals surface area contributed by atoms with Gasteiger partial charge in [-0.3, -0.25) is 0 Å². The Morgan fingerprint density at radius 3 is 2.72 bits per heavy atom. The Labute approximate surface area is 253 Å². The van der Waals surface area contributed by atoms with Crippen molar-refractivity contribution < 1.29 is 9.47 Å². The maximum absolute atomic E-state index is 9.67. The Bertz CT molecular complexity index is 1560. The molecule has 10 heteroatoms. The fourth-order valence-corrected chi connectivity index (χ4v) is 7.13. The van der Waals surface area contributed by atoms with Crippen molar-refractivity contribution in [3.8, 4) is 12.1 Å². The van der Waals surface area contributed by atoms with Crippen LogP contribution in [0.2, 0.25) is 0 Å². The topological polar surface area (TPSA) is 93.3 Å². The number of anilines is 2. The lowest BCUT2D eigenvalue weighted by molar-refractivity contribution is 0.186. The molecule has 0 aliphatic carbocycles. The van der Waals surface area contributed by atoms with E-state index in [0.717, 1.165) is 50.5 Å². The molecule has 2 aromatic carbocycles. The molecule has 0 N–H and O–H groups in total. The van der Waals surface area contributed by atoms with Crippen LogP contribution in [0.25, 0.3) is 10.8 Å². The van der Waals surface area contributed by atoms with Crippen molar-refractivity contribution in [3.63, 3.8) is 0 Å². The molecule has 0 radical (unpaired) electrons. The van der Waals surface area contributed by atoms with Crippen molar-refractivity contribution in [2.75, 3.05) is 69.3 Å². The quantitative estimate of drug-likeness (QED) is 0.432. The molecule has 0 saturated carbocycles. The van der Waals surface area contributed by atoms with E-state index in [1.54, 1.807) is 0 Å². The Hall–Kier alpha value is -4.10. The molecule has 0 bridgehead atoms. The second-order valence-electron chi connectivity index (χ2n) is 12.1. The van der Waals surface area contributed by atoms with Crippen LogP contribution in [0.3, 0.4) is 0 Å². The van der Waals surface area contributed by atoms with E-state index in [4.69, 9.17) is 19.4 Å². The summed E-state index contributed by atoms with van der Waals surface area (Å²) < 4.78 is 12.1. The van der Waals surface area contributed by atoms with Gasteiger partial charge in [0.1, 0.15) is 19.0 Å². The fourth-order valence-electron chi connectivity index (χ4n) is 7.13. The van der Waals surface area contributed by atoms with Crippen molar-refractivity contribution in [1.82, 2.24) is 19.8 Å². The number of aliphatic imine (C=N–C) groups is 1. The van der Waals surface area contributed by atoms with E-state index >= 15 is 0 Å². The fraction of sp³-hybridized carbons (Fsp3) is 0.515. The zero-order valence-corrected chi connectivity index (χ0v) is 25.2. The molecule has 43 heavy (non-hydrogen) atoms. The number of fused-ring (bicyclic) bond motifs is 2. The van der Waals surface area contributed by atoms with Gasteiger partial charge in [-0.15, -0.1) is 0 Å². The third-order valence-electron chi connectivity index (χ3n) is 9.46. The average Bonchev–Trinajstić information content (AvgIpc) is 3.71. The molecular weight excluding hydrogens is 540 g/mol. The van der Waals surface area contributed by atoms with Crippen LogP contribution in [0.5, 0.6) is 6.01 Å². The summed E-state index contributed by atoms with van der Waals surface area (Å²) in [4.78, 5) is 24.0. The first kappa shape index (κ1) is 27.7. The monoisotopic (exact) mass is 580 g/mol. The second kappa shape index (κ2) is 11.9.